The Hall–Kier alpha value is -1.49. The molecular formula is C8H10N4O. The molecule has 2 rings (SSSR count). The maximum absolute atomic E-state index is 11.4. The van der Waals surface area contributed by atoms with Crippen molar-refractivity contribution in [2.45, 2.75) is 12.5 Å². The Morgan fingerprint density at radius 3 is 3.00 bits per heavy atom. The number of rotatable bonds is 2. The zero-order valence-electron chi connectivity index (χ0n) is 7.03. The minimum Gasteiger partial charge on any atom is -0.308 e. The lowest BCUT2D eigenvalue weighted by atomic mass is 10.1. The minimum atomic E-state index is -0.0537. The molecule has 0 aliphatic carbocycles. The third kappa shape index (κ3) is 1.81. The first-order chi connectivity index (χ1) is 6.36. The highest BCUT2D eigenvalue weighted by Crippen LogP contribution is 2.05. The van der Waals surface area contributed by atoms with E-state index in [1.54, 1.807) is 12.4 Å². The fraction of sp³-hybridized carbons (Fsp3) is 0.375. The Kier molecular flexibility index (Phi) is 2.18. The Labute approximate surface area is 75.6 Å². The van der Waals surface area contributed by atoms with Gasteiger partial charge >= 0.3 is 0 Å². The highest BCUT2D eigenvalue weighted by molar-refractivity contribution is 5.94. The Morgan fingerprint density at radius 2 is 2.46 bits per heavy atom. The third-order valence-electron chi connectivity index (χ3n) is 1.95. The summed E-state index contributed by atoms with van der Waals surface area (Å²) in [5, 5.41) is 5.67. The predicted molar refractivity (Wildman–Crippen MR) is 47.1 cm³/mol. The Bertz CT molecular complexity index is 296. The van der Waals surface area contributed by atoms with Crippen LogP contribution in [0.3, 0.4) is 0 Å². The first-order valence-electron chi connectivity index (χ1n) is 4.16. The van der Waals surface area contributed by atoms with Gasteiger partial charge in [0.25, 0.3) is 0 Å². The van der Waals surface area contributed by atoms with Crippen molar-refractivity contribution < 1.29 is 4.79 Å². The average molecular weight is 178 g/mol. The summed E-state index contributed by atoms with van der Waals surface area (Å²) in [5.41, 5.74) is 0. The number of carbonyl (C=O) groups is 1. The molecule has 0 aromatic carbocycles. The number of carbonyl (C=O) groups excluding carboxylic acids is 1. The molecule has 1 aromatic rings. The zero-order chi connectivity index (χ0) is 9.10. The van der Waals surface area contributed by atoms with E-state index in [9.17, 15) is 4.79 Å². The SMILES string of the molecule is O=C(Nc1cnccn1)[C@@H]1CCN1. The van der Waals surface area contributed by atoms with Crippen molar-refractivity contribution >= 4 is 11.7 Å². The standard InChI is InChI=1S/C8H10N4O/c13-8(6-1-2-10-6)12-7-5-9-3-4-11-7/h3-6,10H,1-2H2,(H,11,12,13)/t6-/m0/s1. The van der Waals surface area contributed by atoms with E-state index in [0.717, 1.165) is 13.0 Å². The molecule has 0 radical (unpaired) electrons. The van der Waals surface area contributed by atoms with E-state index in [1.165, 1.54) is 6.20 Å². The van der Waals surface area contributed by atoms with Gasteiger partial charge in [-0.05, 0) is 13.0 Å². The van der Waals surface area contributed by atoms with E-state index < -0.39 is 0 Å². The number of aromatic nitrogens is 2. The van der Waals surface area contributed by atoms with Gasteiger partial charge in [0.15, 0.2) is 5.82 Å². The average Bonchev–Trinajstić information content (AvgIpc) is 2.02. The minimum absolute atomic E-state index is 0.0354. The lowest BCUT2D eigenvalue weighted by molar-refractivity contribution is -0.119. The van der Waals surface area contributed by atoms with Crippen LogP contribution in [0.5, 0.6) is 0 Å². The molecule has 1 atom stereocenters. The smallest absolute Gasteiger partial charge is 0.242 e. The fourth-order valence-corrected chi connectivity index (χ4v) is 1.09. The van der Waals surface area contributed by atoms with Crippen LogP contribution in [0.4, 0.5) is 5.82 Å². The third-order valence-corrected chi connectivity index (χ3v) is 1.95. The summed E-state index contributed by atoms with van der Waals surface area (Å²) in [6.07, 6.45) is 5.53. The molecule has 5 nitrogen and oxygen atoms in total. The molecule has 5 heteroatoms. The topological polar surface area (TPSA) is 66.9 Å². The van der Waals surface area contributed by atoms with Crippen LogP contribution < -0.4 is 10.6 Å². The van der Waals surface area contributed by atoms with Gasteiger partial charge in [0.05, 0.1) is 12.2 Å². The molecule has 0 spiro atoms. The second kappa shape index (κ2) is 3.49. The molecule has 68 valence electrons. The first kappa shape index (κ1) is 8.12. The maximum Gasteiger partial charge on any atom is 0.242 e. The zero-order valence-corrected chi connectivity index (χ0v) is 7.03. The van der Waals surface area contributed by atoms with Crippen LogP contribution in [0.25, 0.3) is 0 Å². The van der Waals surface area contributed by atoms with Gasteiger partial charge in [0, 0.05) is 12.4 Å². The highest BCUT2D eigenvalue weighted by atomic mass is 16.2. The van der Waals surface area contributed by atoms with E-state index in [-0.39, 0.29) is 11.9 Å². The summed E-state index contributed by atoms with van der Waals surface area (Å²) < 4.78 is 0. The van der Waals surface area contributed by atoms with Crippen molar-refractivity contribution in [3.63, 3.8) is 0 Å². The van der Waals surface area contributed by atoms with Gasteiger partial charge in [-0.3, -0.25) is 9.78 Å². The van der Waals surface area contributed by atoms with Crippen molar-refractivity contribution in [2.75, 3.05) is 11.9 Å². The van der Waals surface area contributed by atoms with Crippen LogP contribution in [0.2, 0.25) is 0 Å². The van der Waals surface area contributed by atoms with Crippen LogP contribution in [0.1, 0.15) is 6.42 Å². The van der Waals surface area contributed by atoms with Crippen molar-refractivity contribution in [3.05, 3.63) is 18.6 Å². The van der Waals surface area contributed by atoms with Crippen molar-refractivity contribution in [3.8, 4) is 0 Å². The molecule has 0 bridgehead atoms. The van der Waals surface area contributed by atoms with Crippen LogP contribution in [0, 0.1) is 0 Å². The van der Waals surface area contributed by atoms with Gasteiger partial charge in [-0.25, -0.2) is 4.98 Å². The van der Waals surface area contributed by atoms with E-state index >= 15 is 0 Å². The lowest BCUT2D eigenvalue weighted by Crippen LogP contribution is -2.50. The molecule has 1 aliphatic heterocycles. The first-order valence-corrected chi connectivity index (χ1v) is 4.16. The van der Waals surface area contributed by atoms with Gasteiger partial charge in [-0.15, -0.1) is 0 Å². The van der Waals surface area contributed by atoms with Crippen LogP contribution in [-0.4, -0.2) is 28.5 Å². The summed E-state index contributed by atoms with van der Waals surface area (Å²) in [6.45, 7) is 0.915. The molecule has 1 fully saturated rings. The number of amides is 1. The largest absolute Gasteiger partial charge is 0.308 e. The molecule has 0 saturated carbocycles. The Balaban J connectivity index is 1.94. The van der Waals surface area contributed by atoms with Gasteiger partial charge in [-0.1, -0.05) is 0 Å². The predicted octanol–water partition coefficient (Wildman–Crippen LogP) is -0.223. The molecule has 1 aromatic heterocycles. The summed E-state index contributed by atoms with van der Waals surface area (Å²) in [7, 11) is 0. The normalized spacial score (nSPS) is 20.5. The monoisotopic (exact) mass is 178 g/mol. The highest BCUT2D eigenvalue weighted by Gasteiger charge is 2.24. The van der Waals surface area contributed by atoms with E-state index in [1.807, 2.05) is 0 Å². The van der Waals surface area contributed by atoms with Crippen LogP contribution in [0.15, 0.2) is 18.6 Å². The van der Waals surface area contributed by atoms with Crippen molar-refractivity contribution in [2.24, 2.45) is 0 Å². The summed E-state index contributed by atoms with van der Waals surface area (Å²) in [4.78, 5) is 19.1. The van der Waals surface area contributed by atoms with Crippen LogP contribution in [-0.2, 0) is 4.79 Å². The van der Waals surface area contributed by atoms with E-state index in [0.29, 0.717) is 5.82 Å². The van der Waals surface area contributed by atoms with Crippen LogP contribution >= 0.6 is 0 Å². The van der Waals surface area contributed by atoms with Crippen molar-refractivity contribution in [1.82, 2.24) is 15.3 Å². The molecule has 0 unspecified atom stereocenters. The number of anilines is 1. The summed E-state index contributed by atoms with van der Waals surface area (Å²) in [6, 6.07) is -0.0537. The summed E-state index contributed by atoms with van der Waals surface area (Å²) >= 11 is 0. The van der Waals surface area contributed by atoms with E-state index in [4.69, 9.17) is 0 Å². The second-order valence-electron chi connectivity index (χ2n) is 2.88. The van der Waals surface area contributed by atoms with Gasteiger partial charge in [0.2, 0.25) is 5.91 Å². The molecule has 1 saturated heterocycles. The molecule has 2 heterocycles. The maximum atomic E-state index is 11.4. The summed E-state index contributed by atoms with van der Waals surface area (Å²) in [5.74, 6) is 0.466. The number of hydrogen-bond donors (Lipinski definition) is 2. The molecule has 2 N–H and O–H groups in total. The Morgan fingerprint density at radius 1 is 1.62 bits per heavy atom. The number of nitrogens with zero attached hydrogens (tertiary/aromatic N) is 2. The second-order valence-corrected chi connectivity index (χ2v) is 2.88. The number of hydrogen-bond acceptors (Lipinski definition) is 4. The van der Waals surface area contributed by atoms with Crippen molar-refractivity contribution in [1.29, 1.82) is 0 Å². The van der Waals surface area contributed by atoms with E-state index in [2.05, 4.69) is 20.6 Å². The van der Waals surface area contributed by atoms with Gasteiger partial charge in [-0.2, -0.15) is 0 Å². The molecular weight excluding hydrogens is 168 g/mol. The molecule has 1 aliphatic rings. The lowest BCUT2D eigenvalue weighted by Gasteiger charge is -2.25. The molecule has 13 heavy (non-hydrogen) atoms. The fourth-order valence-electron chi connectivity index (χ4n) is 1.09. The number of nitrogens with one attached hydrogen (secondary N) is 2. The quantitative estimate of drug-likeness (QED) is 0.657. The molecule has 1 amide bonds. The van der Waals surface area contributed by atoms with Gasteiger partial charge in [0.1, 0.15) is 0 Å². The van der Waals surface area contributed by atoms with Gasteiger partial charge < -0.3 is 10.6 Å².